The van der Waals surface area contributed by atoms with E-state index in [1.807, 2.05) is 0 Å². The van der Waals surface area contributed by atoms with E-state index in [1.165, 1.54) is 6.07 Å². The van der Waals surface area contributed by atoms with Crippen LogP contribution in [0.15, 0.2) is 41.3 Å². The number of hydrogen-bond donors (Lipinski definition) is 2. The van der Waals surface area contributed by atoms with Crippen molar-refractivity contribution in [2.24, 2.45) is 0 Å². The van der Waals surface area contributed by atoms with E-state index in [9.17, 15) is 9.18 Å². The predicted molar refractivity (Wildman–Crippen MR) is 74.2 cm³/mol. The summed E-state index contributed by atoms with van der Waals surface area (Å²) in [7, 11) is 0. The number of nitrogens with one attached hydrogen (secondary N) is 2. The van der Waals surface area contributed by atoms with Crippen molar-refractivity contribution < 1.29 is 13.6 Å². The molecule has 1 aromatic heterocycles. The molecule has 0 aliphatic rings. The molecule has 0 spiro atoms. The van der Waals surface area contributed by atoms with Crippen molar-refractivity contribution in [3.8, 4) is 0 Å². The molecule has 0 atom stereocenters. The lowest BCUT2D eigenvalue weighted by Gasteiger charge is -2.11. The van der Waals surface area contributed by atoms with Gasteiger partial charge < -0.3 is 4.42 Å². The number of hydrogen-bond acceptors (Lipinski definition) is 3. The SMILES string of the molecule is C=C(NNC(=O)c1cc(C)oc1C)c1ccccc1F. The molecule has 20 heavy (non-hydrogen) atoms. The molecule has 4 nitrogen and oxygen atoms in total. The molecule has 0 aliphatic carbocycles. The molecule has 0 saturated carbocycles. The summed E-state index contributed by atoms with van der Waals surface area (Å²) in [5.41, 5.74) is 6.06. The van der Waals surface area contributed by atoms with Gasteiger partial charge in [-0.15, -0.1) is 0 Å². The standard InChI is InChI=1S/C15H15FN2O2/c1-9-8-13(11(3)20-9)15(19)18-17-10(2)12-6-4-5-7-14(12)16/h4-8,17H,2H2,1,3H3,(H,18,19). The summed E-state index contributed by atoms with van der Waals surface area (Å²) < 4.78 is 18.8. The third kappa shape index (κ3) is 2.88. The van der Waals surface area contributed by atoms with Gasteiger partial charge in [0.25, 0.3) is 5.91 Å². The predicted octanol–water partition coefficient (Wildman–Crippen LogP) is 2.94. The maximum Gasteiger partial charge on any atom is 0.273 e. The molecule has 2 aromatic rings. The van der Waals surface area contributed by atoms with Gasteiger partial charge in [0.05, 0.1) is 11.3 Å². The average molecular weight is 274 g/mol. The molecule has 1 aromatic carbocycles. The van der Waals surface area contributed by atoms with Crippen LogP contribution in [0.2, 0.25) is 0 Å². The molecule has 2 rings (SSSR count). The van der Waals surface area contributed by atoms with E-state index in [0.717, 1.165) is 0 Å². The van der Waals surface area contributed by atoms with Crippen LogP contribution in [0.25, 0.3) is 5.70 Å². The zero-order valence-electron chi connectivity index (χ0n) is 11.3. The van der Waals surface area contributed by atoms with E-state index >= 15 is 0 Å². The molecule has 0 aliphatic heterocycles. The first-order chi connectivity index (χ1) is 9.49. The largest absolute Gasteiger partial charge is 0.466 e. The summed E-state index contributed by atoms with van der Waals surface area (Å²) in [4.78, 5) is 11.9. The number of halogens is 1. The van der Waals surface area contributed by atoms with Gasteiger partial charge in [0.1, 0.15) is 17.3 Å². The van der Waals surface area contributed by atoms with E-state index < -0.39 is 5.82 Å². The molecule has 0 saturated heterocycles. The highest BCUT2D eigenvalue weighted by Crippen LogP contribution is 2.15. The van der Waals surface area contributed by atoms with Gasteiger partial charge in [-0.25, -0.2) is 4.39 Å². The van der Waals surface area contributed by atoms with Gasteiger partial charge in [-0.1, -0.05) is 18.7 Å². The summed E-state index contributed by atoms with van der Waals surface area (Å²) in [5, 5.41) is 0. The van der Waals surface area contributed by atoms with Crippen LogP contribution in [-0.2, 0) is 0 Å². The van der Waals surface area contributed by atoms with Crippen molar-refractivity contribution in [3.05, 3.63) is 65.4 Å². The lowest BCUT2D eigenvalue weighted by atomic mass is 10.2. The molecule has 0 radical (unpaired) electrons. The summed E-state index contributed by atoms with van der Waals surface area (Å²) in [5.74, 6) is 0.408. The van der Waals surface area contributed by atoms with Gasteiger partial charge in [-0.05, 0) is 32.0 Å². The van der Waals surface area contributed by atoms with Gasteiger partial charge in [0.2, 0.25) is 0 Å². The number of hydrazine groups is 1. The molecule has 0 unspecified atom stereocenters. The Bertz CT molecular complexity index is 662. The molecule has 1 heterocycles. The minimum Gasteiger partial charge on any atom is -0.466 e. The normalized spacial score (nSPS) is 10.2. The molecular weight excluding hydrogens is 259 g/mol. The molecule has 5 heteroatoms. The Morgan fingerprint density at radius 3 is 2.50 bits per heavy atom. The molecule has 2 N–H and O–H groups in total. The van der Waals surface area contributed by atoms with Crippen molar-refractivity contribution in [2.45, 2.75) is 13.8 Å². The van der Waals surface area contributed by atoms with E-state index in [4.69, 9.17) is 4.42 Å². The first-order valence-corrected chi connectivity index (χ1v) is 6.06. The highest BCUT2D eigenvalue weighted by Gasteiger charge is 2.13. The van der Waals surface area contributed by atoms with Crippen LogP contribution in [-0.4, -0.2) is 5.91 Å². The van der Waals surface area contributed by atoms with Gasteiger partial charge in [0, 0.05) is 5.56 Å². The van der Waals surface area contributed by atoms with Gasteiger partial charge in [0.15, 0.2) is 0 Å². The van der Waals surface area contributed by atoms with Crippen molar-refractivity contribution in [2.75, 3.05) is 0 Å². The van der Waals surface area contributed by atoms with Gasteiger partial charge >= 0.3 is 0 Å². The summed E-state index contributed by atoms with van der Waals surface area (Å²) in [6.07, 6.45) is 0. The van der Waals surface area contributed by atoms with Crippen LogP contribution in [0.3, 0.4) is 0 Å². The van der Waals surface area contributed by atoms with Crippen molar-refractivity contribution in [1.82, 2.24) is 10.9 Å². The third-order valence-electron chi connectivity index (χ3n) is 2.81. The number of carbonyl (C=O) groups is 1. The van der Waals surface area contributed by atoms with Crippen LogP contribution < -0.4 is 10.9 Å². The van der Waals surface area contributed by atoms with E-state index in [-0.39, 0.29) is 11.6 Å². The van der Waals surface area contributed by atoms with Crippen LogP contribution in [0.5, 0.6) is 0 Å². The van der Waals surface area contributed by atoms with Crippen LogP contribution in [0.1, 0.15) is 27.4 Å². The number of amides is 1. The summed E-state index contributed by atoms with van der Waals surface area (Å²) in [6.45, 7) is 7.15. The Kier molecular flexibility index (Phi) is 3.89. The zero-order chi connectivity index (χ0) is 14.7. The summed E-state index contributed by atoms with van der Waals surface area (Å²) in [6, 6.07) is 7.81. The van der Waals surface area contributed by atoms with Crippen molar-refractivity contribution in [1.29, 1.82) is 0 Å². The maximum atomic E-state index is 13.5. The van der Waals surface area contributed by atoms with Crippen molar-refractivity contribution >= 4 is 11.6 Å². The summed E-state index contributed by atoms with van der Waals surface area (Å²) >= 11 is 0. The third-order valence-corrected chi connectivity index (χ3v) is 2.81. The number of aryl methyl sites for hydroxylation is 2. The first kappa shape index (κ1) is 13.9. The topological polar surface area (TPSA) is 54.3 Å². The Balaban J connectivity index is 2.02. The van der Waals surface area contributed by atoms with E-state index in [2.05, 4.69) is 17.4 Å². The highest BCUT2D eigenvalue weighted by molar-refractivity contribution is 5.95. The molecule has 0 bridgehead atoms. The average Bonchev–Trinajstić information content (AvgIpc) is 2.75. The molecule has 0 fully saturated rings. The van der Waals surface area contributed by atoms with E-state index in [0.29, 0.717) is 22.6 Å². The number of carbonyl (C=O) groups excluding carboxylic acids is 1. The first-order valence-electron chi connectivity index (χ1n) is 6.06. The highest BCUT2D eigenvalue weighted by atomic mass is 19.1. The Morgan fingerprint density at radius 2 is 1.90 bits per heavy atom. The van der Waals surface area contributed by atoms with Crippen LogP contribution in [0, 0.1) is 19.7 Å². The van der Waals surface area contributed by atoms with Crippen LogP contribution in [0.4, 0.5) is 4.39 Å². The quantitative estimate of drug-likeness (QED) is 0.843. The Labute approximate surface area is 116 Å². The monoisotopic (exact) mass is 274 g/mol. The number of rotatable bonds is 4. The van der Waals surface area contributed by atoms with E-state index in [1.54, 1.807) is 38.1 Å². The fourth-order valence-corrected chi connectivity index (χ4v) is 1.83. The van der Waals surface area contributed by atoms with Crippen LogP contribution >= 0.6 is 0 Å². The smallest absolute Gasteiger partial charge is 0.273 e. The zero-order valence-corrected chi connectivity index (χ0v) is 11.3. The second-order valence-electron chi connectivity index (χ2n) is 4.36. The minimum atomic E-state index is -0.408. The minimum absolute atomic E-state index is 0.273. The lowest BCUT2D eigenvalue weighted by molar-refractivity contribution is 0.0941. The Morgan fingerprint density at radius 1 is 1.20 bits per heavy atom. The fraction of sp³-hybridized carbons (Fsp3) is 0.133. The lowest BCUT2D eigenvalue weighted by Crippen LogP contribution is -2.36. The number of furan rings is 1. The fourth-order valence-electron chi connectivity index (χ4n) is 1.83. The Hall–Kier alpha value is -2.56. The second-order valence-corrected chi connectivity index (χ2v) is 4.36. The maximum absolute atomic E-state index is 13.5. The molecule has 104 valence electrons. The molecular formula is C15H15FN2O2. The van der Waals surface area contributed by atoms with Crippen molar-refractivity contribution in [3.63, 3.8) is 0 Å². The van der Waals surface area contributed by atoms with Gasteiger partial charge in [-0.3, -0.25) is 15.6 Å². The second kappa shape index (κ2) is 5.61. The number of benzene rings is 1. The molecule has 1 amide bonds. The van der Waals surface area contributed by atoms with Gasteiger partial charge in [-0.2, -0.15) is 0 Å².